The normalized spacial score (nSPS) is 18.1. The van der Waals surface area contributed by atoms with Crippen LogP contribution in [0.25, 0.3) is 0 Å². The minimum atomic E-state index is -3.56. The zero-order valence-corrected chi connectivity index (χ0v) is 12.4. The van der Waals surface area contributed by atoms with E-state index < -0.39 is 15.8 Å². The monoisotopic (exact) mass is 285 g/mol. The Labute approximate surface area is 114 Å². The van der Waals surface area contributed by atoms with E-state index in [1.165, 1.54) is 12.1 Å². The van der Waals surface area contributed by atoms with E-state index >= 15 is 0 Å². The van der Waals surface area contributed by atoms with E-state index in [1.807, 2.05) is 0 Å². The van der Waals surface area contributed by atoms with Crippen molar-refractivity contribution in [3.63, 3.8) is 0 Å². The zero-order chi connectivity index (χ0) is 14.3. The van der Waals surface area contributed by atoms with Gasteiger partial charge in [0.2, 0.25) is 10.0 Å². The van der Waals surface area contributed by atoms with Crippen molar-refractivity contribution < 1.29 is 12.8 Å². The van der Waals surface area contributed by atoms with E-state index in [4.69, 9.17) is 0 Å². The molecule has 1 saturated carbocycles. The molecule has 0 aromatic heterocycles. The van der Waals surface area contributed by atoms with Gasteiger partial charge in [0.05, 0.1) is 4.90 Å². The quantitative estimate of drug-likeness (QED) is 0.924. The topological polar surface area (TPSA) is 46.2 Å². The number of sulfonamides is 1. The van der Waals surface area contributed by atoms with Crippen molar-refractivity contribution in [1.29, 1.82) is 0 Å². The Bertz CT molecular complexity index is 568. The SMILES string of the molecule is Cc1cc(F)cc(C)c1S(=O)(=O)NCC1(C)CCC1. The first-order chi connectivity index (χ1) is 8.73. The van der Waals surface area contributed by atoms with Gasteiger partial charge in [0.1, 0.15) is 5.82 Å². The lowest BCUT2D eigenvalue weighted by Crippen LogP contribution is -2.40. The number of rotatable bonds is 4. The van der Waals surface area contributed by atoms with E-state index in [1.54, 1.807) is 13.8 Å². The molecule has 0 bridgehead atoms. The maximum absolute atomic E-state index is 13.2. The first-order valence-corrected chi connectivity index (χ1v) is 7.98. The summed E-state index contributed by atoms with van der Waals surface area (Å²) < 4.78 is 40.6. The van der Waals surface area contributed by atoms with Crippen molar-refractivity contribution in [3.05, 3.63) is 29.1 Å². The fourth-order valence-corrected chi connectivity index (χ4v) is 4.27. The lowest BCUT2D eigenvalue weighted by molar-refractivity contribution is 0.166. The second-order valence-corrected chi connectivity index (χ2v) is 7.56. The molecule has 1 N–H and O–H groups in total. The molecule has 0 aliphatic heterocycles. The Morgan fingerprint density at radius 1 is 1.26 bits per heavy atom. The summed E-state index contributed by atoms with van der Waals surface area (Å²) in [6.45, 7) is 5.78. The summed E-state index contributed by atoms with van der Waals surface area (Å²) in [6, 6.07) is 2.51. The third-order valence-corrected chi connectivity index (χ3v) is 5.65. The molecule has 0 amide bonds. The van der Waals surface area contributed by atoms with Gasteiger partial charge in [-0.3, -0.25) is 0 Å². The van der Waals surface area contributed by atoms with Gasteiger partial charge in [-0.15, -0.1) is 0 Å². The number of aryl methyl sites for hydroxylation is 2. The van der Waals surface area contributed by atoms with Crippen molar-refractivity contribution in [3.8, 4) is 0 Å². The third kappa shape index (κ3) is 2.98. The van der Waals surface area contributed by atoms with E-state index in [2.05, 4.69) is 11.6 Å². The highest BCUT2D eigenvalue weighted by Crippen LogP contribution is 2.39. The van der Waals surface area contributed by atoms with Crippen LogP contribution in [0, 0.1) is 25.1 Å². The van der Waals surface area contributed by atoms with Crippen LogP contribution < -0.4 is 4.72 Å². The molecule has 1 fully saturated rings. The third-order valence-electron chi connectivity index (χ3n) is 3.94. The van der Waals surface area contributed by atoms with Crippen LogP contribution >= 0.6 is 0 Å². The number of hydrogen-bond acceptors (Lipinski definition) is 2. The molecule has 1 aromatic carbocycles. The average molecular weight is 285 g/mol. The van der Waals surface area contributed by atoms with Crippen molar-refractivity contribution in [1.82, 2.24) is 4.72 Å². The van der Waals surface area contributed by atoms with Crippen LogP contribution in [0.5, 0.6) is 0 Å². The molecule has 0 spiro atoms. The molecule has 1 aliphatic carbocycles. The summed E-state index contributed by atoms with van der Waals surface area (Å²) in [5.41, 5.74) is 0.974. The molecule has 0 atom stereocenters. The van der Waals surface area contributed by atoms with Gasteiger partial charge in [-0.05, 0) is 55.4 Å². The Morgan fingerprint density at radius 3 is 2.21 bits per heavy atom. The summed E-state index contributed by atoms with van der Waals surface area (Å²) in [5.74, 6) is -0.403. The van der Waals surface area contributed by atoms with E-state index in [9.17, 15) is 12.8 Å². The smallest absolute Gasteiger partial charge is 0.211 e. The van der Waals surface area contributed by atoms with Gasteiger partial charge in [0.25, 0.3) is 0 Å². The molecular formula is C14H20FNO2S. The Balaban J connectivity index is 2.24. The molecule has 3 nitrogen and oxygen atoms in total. The number of benzene rings is 1. The molecule has 2 rings (SSSR count). The zero-order valence-electron chi connectivity index (χ0n) is 11.6. The average Bonchev–Trinajstić information content (AvgIpc) is 2.22. The van der Waals surface area contributed by atoms with Gasteiger partial charge in [0, 0.05) is 6.54 Å². The highest BCUT2D eigenvalue weighted by molar-refractivity contribution is 7.89. The van der Waals surface area contributed by atoms with Gasteiger partial charge >= 0.3 is 0 Å². The van der Waals surface area contributed by atoms with Gasteiger partial charge in [-0.2, -0.15) is 0 Å². The van der Waals surface area contributed by atoms with Crippen molar-refractivity contribution >= 4 is 10.0 Å². The standard InChI is InChI=1S/C14H20FNO2S/c1-10-7-12(15)8-11(2)13(10)19(17,18)16-9-14(3)5-4-6-14/h7-8,16H,4-6,9H2,1-3H3. The highest BCUT2D eigenvalue weighted by atomic mass is 32.2. The predicted molar refractivity (Wildman–Crippen MR) is 73.0 cm³/mol. The molecular weight excluding hydrogens is 265 g/mol. The van der Waals surface area contributed by atoms with Gasteiger partial charge in [0.15, 0.2) is 0 Å². The predicted octanol–water partition coefficient (Wildman–Crippen LogP) is 2.91. The maximum atomic E-state index is 13.2. The highest BCUT2D eigenvalue weighted by Gasteiger charge is 2.33. The lowest BCUT2D eigenvalue weighted by atomic mass is 9.71. The largest absolute Gasteiger partial charge is 0.241 e. The summed E-state index contributed by atoms with van der Waals surface area (Å²) in [7, 11) is -3.56. The summed E-state index contributed by atoms with van der Waals surface area (Å²) in [5, 5.41) is 0. The fraction of sp³-hybridized carbons (Fsp3) is 0.571. The molecule has 0 heterocycles. The van der Waals surface area contributed by atoms with Crippen molar-refractivity contribution in [2.45, 2.75) is 44.9 Å². The van der Waals surface area contributed by atoms with Crippen LogP contribution in [-0.4, -0.2) is 15.0 Å². The number of halogens is 1. The van der Waals surface area contributed by atoms with Gasteiger partial charge in [-0.1, -0.05) is 13.3 Å². The minimum Gasteiger partial charge on any atom is -0.211 e. The van der Waals surface area contributed by atoms with E-state index in [0.717, 1.165) is 19.3 Å². The van der Waals surface area contributed by atoms with Crippen LogP contribution in [0.15, 0.2) is 17.0 Å². The summed E-state index contributed by atoms with van der Waals surface area (Å²) in [4.78, 5) is 0.205. The molecule has 106 valence electrons. The van der Waals surface area contributed by atoms with Gasteiger partial charge in [-0.25, -0.2) is 17.5 Å². The second kappa shape index (κ2) is 4.87. The molecule has 1 aliphatic rings. The summed E-state index contributed by atoms with van der Waals surface area (Å²) >= 11 is 0. The van der Waals surface area contributed by atoms with Gasteiger partial charge < -0.3 is 0 Å². The Kier molecular flexibility index (Phi) is 3.71. The molecule has 0 unspecified atom stereocenters. The minimum absolute atomic E-state index is 0.0783. The first-order valence-electron chi connectivity index (χ1n) is 6.50. The first kappa shape index (κ1) is 14.5. The van der Waals surface area contributed by atoms with Crippen LogP contribution in [-0.2, 0) is 10.0 Å². The van der Waals surface area contributed by atoms with Crippen LogP contribution in [0.3, 0.4) is 0 Å². The summed E-state index contributed by atoms with van der Waals surface area (Å²) in [6.07, 6.45) is 3.26. The van der Waals surface area contributed by atoms with Crippen LogP contribution in [0.1, 0.15) is 37.3 Å². The van der Waals surface area contributed by atoms with Crippen molar-refractivity contribution in [2.24, 2.45) is 5.41 Å². The maximum Gasteiger partial charge on any atom is 0.241 e. The molecule has 1 aromatic rings. The molecule has 5 heteroatoms. The molecule has 19 heavy (non-hydrogen) atoms. The molecule has 0 saturated heterocycles. The van der Waals surface area contributed by atoms with Crippen LogP contribution in [0.2, 0.25) is 0 Å². The fourth-order valence-electron chi connectivity index (χ4n) is 2.62. The van der Waals surface area contributed by atoms with E-state index in [0.29, 0.717) is 17.7 Å². The van der Waals surface area contributed by atoms with E-state index in [-0.39, 0.29) is 10.3 Å². The number of hydrogen-bond donors (Lipinski definition) is 1. The van der Waals surface area contributed by atoms with Crippen molar-refractivity contribution in [2.75, 3.05) is 6.54 Å². The Hall–Kier alpha value is -0.940. The lowest BCUT2D eigenvalue weighted by Gasteiger charge is -2.38. The molecule has 0 radical (unpaired) electrons. The Morgan fingerprint density at radius 2 is 1.79 bits per heavy atom. The van der Waals surface area contributed by atoms with Crippen LogP contribution in [0.4, 0.5) is 4.39 Å². The number of nitrogens with one attached hydrogen (secondary N) is 1. The second-order valence-electron chi connectivity index (χ2n) is 5.86.